The zero-order valence-corrected chi connectivity index (χ0v) is 9.39. The molecule has 0 fully saturated rings. The van der Waals surface area contributed by atoms with Gasteiger partial charge in [-0.3, -0.25) is 5.10 Å². The molecule has 0 aliphatic carbocycles. The quantitative estimate of drug-likeness (QED) is 0.778. The number of nitrogens with one attached hydrogen (secondary N) is 1. The standard InChI is InChI=1S/C11H12ClN3/c1-6-3-8(7(2)10(12)4-6)9-5-14-15-11(9)13/h3-5H,1-2H3,(H3,13,14,15). The van der Waals surface area contributed by atoms with Crippen LogP contribution in [0.2, 0.25) is 5.02 Å². The summed E-state index contributed by atoms with van der Waals surface area (Å²) in [6.07, 6.45) is 1.72. The third-order valence-corrected chi connectivity index (χ3v) is 2.84. The number of nitrogens with zero attached hydrogens (tertiary/aromatic N) is 1. The Morgan fingerprint density at radius 1 is 1.27 bits per heavy atom. The van der Waals surface area contributed by atoms with Crippen molar-refractivity contribution in [2.45, 2.75) is 13.8 Å². The first kappa shape index (κ1) is 10.1. The lowest BCUT2D eigenvalue weighted by Crippen LogP contribution is -1.91. The molecule has 78 valence electrons. The van der Waals surface area contributed by atoms with Gasteiger partial charge in [-0.05, 0) is 36.6 Å². The number of H-pyrrole nitrogens is 1. The Morgan fingerprint density at radius 3 is 2.60 bits per heavy atom. The molecule has 0 spiro atoms. The first-order chi connectivity index (χ1) is 7.09. The van der Waals surface area contributed by atoms with E-state index in [4.69, 9.17) is 17.3 Å². The van der Waals surface area contributed by atoms with Crippen molar-refractivity contribution in [3.8, 4) is 11.1 Å². The lowest BCUT2D eigenvalue weighted by atomic mass is 10.0. The molecule has 0 atom stereocenters. The summed E-state index contributed by atoms with van der Waals surface area (Å²) in [5.74, 6) is 0.569. The molecule has 0 saturated carbocycles. The van der Waals surface area contributed by atoms with E-state index in [1.54, 1.807) is 6.20 Å². The molecule has 0 aliphatic heterocycles. The van der Waals surface area contributed by atoms with Gasteiger partial charge in [0.05, 0.1) is 6.20 Å². The molecule has 1 heterocycles. The fourth-order valence-electron chi connectivity index (χ4n) is 1.60. The van der Waals surface area contributed by atoms with Crippen molar-refractivity contribution < 1.29 is 0 Å². The Bertz CT molecular complexity index is 503. The number of aryl methyl sites for hydroxylation is 1. The van der Waals surface area contributed by atoms with Gasteiger partial charge in [0.15, 0.2) is 0 Å². The van der Waals surface area contributed by atoms with Crippen LogP contribution >= 0.6 is 11.6 Å². The predicted molar refractivity (Wildman–Crippen MR) is 62.9 cm³/mol. The van der Waals surface area contributed by atoms with Gasteiger partial charge in [-0.25, -0.2) is 0 Å². The number of nitrogens with two attached hydrogens (primary N) is 1. The average Bonchev–Trinajstić information content (AvgIpc) is 2.58. The zero-order valence-electron chi connectivity index (χ0n) is 8.63. The van der Waals surface area contributed by atoms with Gasteiger partial charge in [-0.2, -0.15) is 5.10 Å². The monoisotopic (exact) mass is 221 g/mol. The SMILES string of the molecule is Cc1cc(Cl)c(C)c(-c2cn[nH]c2N)c1. The highest BCUT2D eigenvalue weighted by molar-refractivity contribution is 6.31. The van der Waals surface area contributed by atoms with Gasteiger partial charge in [0.2, 0.25) is 0 Å². The summed E-state index contributed by atoms with van der Waals surface area (Å²) < 4.78 is 0. The number of anilines is 1. The van der Waals surface area contributed by atoms with Crippen molar-refractivity contribution in [1.82, 2.24) is 10.2 Å². The van der Waals surface area contributed by atoms with Crippen molar-refractivity contribution in [3.05, 3.63) is 34.5 Å². The van der Waals surface area contributed by atoms with E-state index >= 15 is 0 Å². The number of rotatable bonds is 1. The maximum Gasteiger partial charge on any atom is 0.126 e. The Labute approximate surface area is 93.3 Å². The average molecular weight is 222 g/mol. The van der Waals surface area contributed by atoms with E-state index in [-0.39, 0.29) is 0 Å². The van der Waals surface area contributed by atoms with Crippen molar-refractivity contribution in [2.24, 2.45) is 0 Å². The van der Waals surface area contributed by atoms with Crippen LogP contribution in [0, 0.1) is 13.8 Å². The maximum absolute atomic E-state index is 6.12. The number of aromatic amines is 1. The Kier molecular flexibility index (Phi) is 2.40. The minimum atomic E-state index is 0.569. The molecule has 0 saturated heterocycles. The van der Waals surface area contributed by atoms with Gasteiger partial charge >= 0.3 is 0 Å². The fourth-order valence-corrected chi connectivity index (χ4v) is 1.88. The van der Waals surface area contributed by atoms with Crippen LogP contribution in [0.4, 0.5) is 5.82 Å². The molecule has 0 aliphatic rings. The van der Waals surface area contributed by atoms with E-state index in [1.165, 1.54) is 0 Å². The molecule has 0 unspecified atom stereocenters. The van der Waals surface area contributed by atoms with Crippen LogP contribution in [0.25, 0.3) is 11.1 Å². The normalized spacial score (nSPS) is 10.6. The van der Waals surface area contributed by atoms with Crippen molar-refractivity contribution in [2.75, 3.05) is 5.73 Å². The van der Waals surface area contributed by atoms with Gasteiger partial charge in [-0.1, -0.05) is 17.7 Å². The second-order valence-corrected chi connectivity index (χ2v) is 4.02. The van der Waals surface area contributed by atoms with Crippen molar-refractivity contribution in [3.63, 3.8) is 0 Å². The van der Waals surface area contributed by atoms with Crippen LogP contribution in [-0.2, 0) is 0 Å². The van der Waals surface area contributed by atoms with E-state index in [9.17, 15) is 0 Å². The van der Waals surface area contributed by atoms with Crippen molar-refractivity contribution in [1.29, 1.82) is 0 Å². The molecule has 3 nitrogen and oxygen atoms in total. The lowest BCUT2D eigenvalue weighted by Gasteiger charge is -2.08. The number of hydrogen-bond donors (Lipinski definition) is 2. The largest absolute Gasteiger partial charge is 0.384 e. The summed E-state index contributed by atoms with van der Waals surface area (Å²) in [6, 6.07) is 4.00. The minimum Gasteiger partial charge on any atom is -0.384 e. The molecule has 1 aromatic heterocycles. The van der Waals surface area contributed by atoms with Crippen LogP contribution in [0.1, 0.15) is 11.1 Å². The smallest absolute Gasteiger partial charge is 0.126 e. The van der Waals surface area contributed by atoms with E-state index in [1.807, 2.05) is 19.9 Å². The lowest BCUT2D eigenvalue weighted by molar-refractivity contribution is 1.10. The molecule has 0 radical (unpaired) electrons. The van der Waals surface area contributed by atoms with E-state index in [2.05, 4.69) is 16.3 Å². The molecule has 1 aromatic carbocycles. The summed E-state index contributed by atoms with van der Waals surface area (Å²) in [5, 5.41) is 7.38. The fraction of sp³-hybridized carbons (Fsp3) is 0.182. The topological polar surface area (TPSA) is 54.7 Å². The van der Waals surface area contributed by atoms with Crippen LogP contribution in [-0.4, -0.2) is 10.2 Å². The molecule has 15 heavy (non-hydrogen) atoms. The Morgan fingerprint density at radius 2 is 2.00 bits per heavy atom. The van der Waals surface area contributed by atoms with Crippen LogP contribution in [0.3, 0.4) is 0 Å². The van der Waals surface area contributed by atoms with Crippen LogP contribution < -0.4 is 5.73 Å². The molecule has 2 rings (SSSR count). The molecular formula is C11H12ClN3. The molecule has 3 N–H and O–H groups in total. The van der Waals surface area contributed by atoms with Crippen LogP contribution in [0.15, 0.2) is 18.3 Å². The van der Waals surface area contributed by atoms with Crippen LogP contribution in [0.5, 0.6) is 0 Å². The molecule has 0 amide bonds. The highest BCUT2D eigenvalue weighted by atomic mass is 35.5. The van der Waals surface area contributed by atoms with E-state index < -0.39 is 0 Å². The third-order valence-electron chi connectivity index (χ3n) is 2.45. The zero-order chi connectivity index (χ0) is 11.0. The second kappa shape index (κ2) is 3.59. The molecule has 4 heteroatoms. The summed E-state index contributed by atoms with van der Waals surface area (Å²) >= 11 is 6.12. The van der Waals surface area contributed by atoms with E-state index in [0.717, 1.165) is 27.3 Å². The highest BCUT2D eigenvalue weighted by Crippen LogP contribution is 2.32. The maximum atomic E-state index is 6.12. The number of halogens is 1. The summed E-state index contributed by atoms with van der Waals surface area (Å²) in [5.41, 5.74) is 9.85. The second-order valence-electron chi connectivity index (χ2n) is 3.62. The molecular weight excluding hydrogens is 210 g/mol. The highest BCUT2D eigenvalue weighted by Gasteiger charge is 2.10. The Hall–Kier alpha value is -1.48. The third kappa shape index (κ3) is 1.70. The summed E-state index contributed by atoms with van der Waals surface area (Å²) in [6.45, 7) is 3.98. The summed E-state index contributed by atoms with van der Waals surface area (Å²) in [4.78, 5) is 0. The number of benzene rings is 1. The number of nitrogen functional groups attached to an aromatic ring is 1. The summed E-state index contributed by atoms with van der Waals surface area (Å²) in [7, 11) is 0. The van der Waals surface area contributed by atoms with Gasteiger partial charge in [0, 0.05) is 10.6 Å². The minimum absolute atomic E-state index is 0.569. The molecule has 0 bridgehead atoms. The first-order valence-electron chi connectivity index (χ1n) is 4.65. The van der Waals surface area contributed by atoms with Gasteiger partial charge in [0.1, 0.15) is 5.82 Å². The molecule has 2 aromatic rings. The van der Waals surface area contributed by atoms with Gasteiger partial charge < -0.3 is 5.73 Å². The predicted octanol–water partition coefficient (Wildman–Crippen LogP) is 2.93. The van der Waals surface area contributed by atoms with Crippen molar-refractivity contribution >= 4 is 17.4 Å². The van der Waals surface area contributed by atoms with Gasteiger partial charge in [-0.15, -0.1) is 0 Å². The van der Waals surface area contributed by atoms with E-state index in [0.29, 0.717) is 5.82 Å². The number of aromatic nitrogens is 2. The van der Waals surface area contributed by atoms with Gasteiger partial charge in [0.25, 0.3) is 0 Å². The first-order valence-corrected chi connectivity index (χ1v) is 5.03. The Balaban J connectivity index is 2.68. The number of hydrogen-bond acceptors (Lipinski definition) is 2.